The number of nitro groups is 1. The molecule has 0 amide bonds. The highest BCUT2D eigenvalue weighted by Crippen LogP contribution is 2.28. The van der Waals surface area contributed by atoms with E-state index in [4.69, 9.17) is 4.42 Å². The molecule has 3 aromatic rings. The predicted octanol–water partition coefficient (Wildman–Crippen LogP) is 3.42. The SMILES string of the molecule is CNc1ccc(-c2nnc(-c3ccc([N+](=O)[O-])cc3)o2)cc1CN(C)C. The summed E-state index contributed by atoms with van der Waals surface area (Å²) in [5.41, 5.74) is 3.63. The molecular weight excluding hydrogens is 334 g/mol. The Bertz CT molecular complexity index is 919. The Hall–Kier alpha value is -3.26. The standard InChI is InChI=1S/C18H19N5O3/c1-19-16-9-6-13(10-14(16)11-22(2)3)18-21-20-17(26-18)12-4-7-15(8-5-12)23(24)25/h4-10,19H,11H2,1-3H3. The quantitative estimate of drug-likeness (QED) is 0.535. The Morgan fingerprint density at radius 1 is 1.08 bits per heavy atom. The van der Waals surface area contributed by atoms with Gasteiger partial charge < -0.3 is 14.6 Å². The maximum atomic E-state index is 10.7. The van der Waals surface area contributed by atoms with Crippen LogP contribution in [-0.2, 0) is 6.54 Å². The molecule has 8 heteroatoms. The number of nitro benzene ring substituents is 1. The average molecular weight is 353 g/mol. The van der Waals surface area contributed by atoms with E-state index >= 15 is 0 Å². The Morgan fingerprint density at radius 2 is 1.69 bits per heavy atom. The van der Waals surface area contributed by atoms with Crippen molar-refractivity contribution in [2.24, 2.45) is 0 Å². The van der Waals surface area contributed by atoms with Gasteiger partial charge in [0, 0.05) is 42.5 Å². The number of aromatic nitrogens is 2. The summed E-state index contributed by atoms with van der Waals surface area (Å²) in [5.74, 6) is 0.725. The lowest BCUT2D eigenvalue weighted by atomic mass is 10.1. The Kier molecular flexibility index (Phi) is 4.94. The first kappa shape index (κ1) is 17.6. The molecule has 1 heterocycles. The molecule has 0 aliphatic heterocycles. The smallest absolute Gasteiger partial charge is 0.269 e. The lowest BCUT2D eigenvalue weighted by Crippen LogP contribution is -2.12. The van der Waals surface area contributed by atoms with E-state index in [0.29, 0.717) is 17.3 Å². The van der Waals surface area contributed by atoms with E-state index < -0.39 is 4.92 Å². The van der Waals surface area contributed by atoms with Crippen LogP contribution in [0.5, 0.6) is 0 Å². The van der Waals surface area contributed by atoms with Crippen molar-refractivity contribution < 1.29 is 9.34 Å². The van der Waals surface area contributed by atoms with Crippen LogP contribution in [0.1, 0.15) is 5.56 Å². The third-order valence-electron chi connectivity index (χ3n) is 3.86. The summed E-state index contributed by atoms with van der Waals surface area (Å²) in [6.45, 7) is 0.771. The second-order valence-electron chi connectivity index (χ2n) is 6.08. The molecule has 0 spiro atoms. The molecule has 26 heavy (non-hydrogen) atoms. The molecule has 0 radical (unpaired) electrons. The molecule has 0 aliphatic carbocycles. The molecular formula is C18H19N5O3. The minimum atomic E-state index is -0.446. The number of nitrogens with one attached hydrogen (secondary N) is 1. The summed E-state index contributed by atoms with van der Waals surface area (Å²) in [4.78, 5) is 12.4. The van der Waals surface area contributed by atoms with Crippen molar-refractivity contribution >= 4 is 11.4 Å². The van der Waals surface area contributed by atoms with Gasteiger partial charge in [-0.05, 0) is 50.0 Å². The highest BCUT2D eigenvalue weighted by atomic mass is 16.6. The molecule has 0 saturated carbocycles. The molecule has 1 N–H and O–H groups in total. The Balaban J connectivity index is 1.90. The van der Waals surface area contributed by atoms with Gasteiger partial charge >= 0.3 is 0 Å². The van der Waals surface area contributed by atoms with Crippen molar-refractivity contribution in [1.29, 1.82) is 0 Å². The Morgan fingerprint density at radius 3 is 2.27 bits per heavy atom. The van der Waals surface area contributed by atoms with Crippen molar-refractivity contribution in [3.8, 4) is 22.9 Å². The normalized spacial score (nSPS) is 10.9. The van der Waals surface area contributed by atoms with Gasteiger partial charge in [0.1, 0.15) is 0 Å². The van der Waals surface area contributed by atoms with Crippen LogP contribution in [0.15, 0.2) is 46.9 Å². The highest BCUT2D eigenvalue weighted by molar-refractivity contribution is 5.64. The van der Waals surface area contributed by atoms with Crippen molar-refractivity contribution in [1.82, 2.24) is 15.1 Å². The van der Waals surface area contributed by atoms with Gasteiger partial charge in [0.05, 0.1) is 4.92 Å². The van der Waals surface area contributed by atoms with E-state index in [1.165, 1.54) is 12.1 Å². The van der Waals surface area contributed by atoms with Crippen molar-refractivity contribution in [2.45, 2.75) is 6.54 Å². The molecule has 1 aromatic heterocycles. The number of benzene rings is 2. The summed E-state index contributed by atoms with van der Waals surface area (Å²) >= 11 is 0. The lowest BCUT2D eigenvalue weighted by Gasteiger charge is -2.14. The van der Waals surface area contributed by atoms with E-state index in [-0.39, 0.29) is 5.69 Å². The number of anilines is 1. The zero-order valence-corrected chi connectivity index (χ0v) is 14.8. The maximum absolute atomic E-state index is 10.7. The van der Waals surface area contributed by atoms with Gasteiger partial charge in [-0.15, -0.1) is 10.2 Å². The fourth-order valence-corrected chi connectivity index (χ4v) is 2.62. The average Bonchev–Trinajstić information content (AvgIpc) is 3.11. The van der Waals surface area contributed by atoms with Gasteiger partial charge in [-0.2, -0.15) is 0 Å². The molecule has 134 valence electrons. The molecule has 3 rings (SSSR count). The van der Waals surface area contributed by atoms with E-state index in [2.05, 4.69) is 20.4 Å². The van der Waals surface area contributed by atoms with Crippen LogP contribution in [0.2, 0.25) is 0 Å². The summed E-state index contributed by atoms with van der Waals surface area (Å²) in [6, 6.07) is 11.9. The minimum absolute atomic E-state index is 0.0180. The fourth-order valence-electron chi connectivity index (χ4n) is 2.62. The first-order chi connectivity index (χ1) is 12.5. The number of nitrogens with zero attached hydrogens (tertiary/aromatic N) is 4. The van der Waals surface area contributed by atoms with Crippen LogP contribution in [0, 0.1) is 10.1 Å². The van der Waals surface area contributed by atoms with Crippen molar-refractivity contribution in [3.63, 3.8) is 0 Å². The molecule has 8 nitrogen and oxygen atoms in total. The predicted molar refractivity (Wildman–Crippen MR) is 98.8 cm³/mol. The van der Waals surface area contributed by atoms with Gasteiger partial charge in [-0.25, -0.2) is 0 Å². The summed E-state index contributed by atoms with van der Waals surface area (Å²) in [6.07, 6.45) is 0. The molecule has 0 fully saturated rings. The van der Waals surface area contributed by atoms with E-state index in [9.17, 15) is 10.1 Å². The molecule has 2 aromatic carbocycles. The highest BCUT2D eigenvalue weighted by Gasteiger charge is 2.14. The topological polar surface area (TPSA) is 97.3 Å². The fraction of sp³-hybridized carbons (Fsp3) is 0.222. The zero-order valence-electron chi connectivity index (χ0n) is 14.8. The second-order valence-corrected chi connectivity index (χ2v) is 6.08. The summed E-state index contributed by atoms with van der Waals surface area (Å²) in [7, 11) is 5.89. The van der Waals surface area contributed by atoms with Crippen LogP contribution in [-0.4, -0.2) is 41.2 Å². The number of rotatable bonds is 6. The van der Waals surface area contributed by atoms with Gasteiger partial charge in [0.2, 0.25) is 11.8 Å². The first-order valence-electron chi connectivity index (χ1n) is 8.02. The summed E-state index contributed by atoms with van der Waals surface area (Å²) < 4.78 is 5.76. The van der Waals surface area contributed by atoms with E-state index in [1.807, 2.05) is 39.3 Å². The van der Waals surface area contributed by atoms with Gasteiger partial charge in [-0.3, -0.25) is 10.1 Å². The third kappa shape index (κ3) is 3.70. The van der Waals surface area contributed by atoms with Crippen LogP contribution in [0.3, 0.4) is 0 Å². The lowest BCUT2D eigenvalue weighted by molar-refractivity contribution is -0.384. The van der Waals surface area contributed by atoms with Crippen LogP contribution < -0.4 is 5.32 Å². The van der Waals surface area contributed by atoms with E-state index in [0.717, 1.165) is 23.4 Å². The van der Waals surface area contributed by atoms with Gasteiger partial charge in [0.25, 0.3) is 5.69 Å². The number of hydrogen-bond donors (Lipinski definition) is 1. The van der Waals surface area contributed by atoms with Gasteiger partial charge in [0.15, 0.2) is 0 Å². The molecule has 0 atom stereocenters. The first-order valence-corrected chi connectivity index (χ1v) is 8.02. The molecule has 0 unspecified atom stereocenters. The molecule has 0 saturated heterocycles. The number of hydrogen-bond acceptors (Lipinski definition) is 7. The zero-order chi connectivity index (χ0) is 18.7. The van der Waals surface area contributed by atoms with Crippen molar-refractivity contribution in [3.05, 3.63) is 58.1 Å². The Labute approximate surface area is 150 Å². The van der Waals surface area contributed by atoms with Crippen LogP contribution in [0.4, 0.5) is 11.4 Å². The largest absolute Gasteiger partial charge is 0.416 e. The maximum Gasteiger partial charge on any atom is 0.269 e. The molecule has 0 bridgehead atoms. The summed E-state index contributed by atoms with van der Waals surface area (Å²) in [5, 5.41) is 22.1. The monoisotopic (exact) mass is 353 g/mol. The van der Waals surface area contributed by atoms with Crippen LogP contribution >= 0.6 is 0 Å². The third-order valence-corrected chi connectivity index (χ3v) is 3.86. The van der Waals surface area contributed by atoms with Crippen LogP contribution in [0.25, 0.3) is 22.9 Å². The minimum Gasteiger partial charge on any atom is -0.416 e. The van der Waals surface area contributed by atoms with Gasteiger partial charge in [-0.1, -0.05) is 0 Å². The second kappa shape index (κ2) is 7.32. The number of non-ortho nitro benzene ring substituents is 1. The van der Waals surface area contributed by atoms with E-state index in [1.54, 1.807) is 12.1 Å². The van der Waals surface area contributed by atoms with Crippen molar-refractivity contribution in [2.75, 3.05) is 26.5 Å². The molecule has 0 aliphatic rings.